The molecule has 0 aliphatic heterocycles. The van der Waals surface area contributed by atoms with Crippen LogP contribution in [0.2, 0.25) is 0 Å². The maximum atomic E-state index is 10.5. The van der Waals surface area contributed by atoms with Crippen molar-refractivity contribution in [2.45, 2.75) is 6.54 Å². The van der Waals surface area contributed by atoms with Crippen molar-refractivity contribution in [1.29, 1.82) is 0 Å². The van der Waals surface area contributed by atoms with E-state index in [1.165, 1.54) is 4.70 Å². The number of fused-ring (bicyclic) bond motifs is 1. The van der Waals surface area contributed by atoms with Crippen molar-refractivity contribution in [2.75, 3.05) is 0 Å². The van der Waals surface area contributed by atoms with Gasteiger partial charge in [-0.1, -0.05) is 15.9 Å². The van der Waals surface area contributed by atoms with Gasteiger partial charge in [0.05, 0.1) is 0 Å². The van der Waals surface area contributed by atoms with Gasteiger partial charge in [-0.2, -0.15) is 0 Å². The van der Waals surface area contributed by atoms with Crippen molar-refractivity contribution < 1.29 is 8.76 Å². The molecule has 0 spiro atoms. The average molecular weight is 306 g/mol. The van der Waals surface area contributed by atoms with Gasteiger partial charge in [0.1, 0.15) is 0 Å². The monoisotopic (exact) mass is 305 g/mol. The van der Waals surface area contributed by atoms with E-state index in [0.29, 0.717) is 6.54 Å². The molecule has 1 aromatic carbocycles. The number of hydrogen-bond acceptors (Lipinski definition) is 2. The highest BCUT2D eigenvalue weighted by molar-refractivity contribution is 9.10. The Hall–Kier alpha value is -0.270. The Morgan fingerprint density at radius 2 is 2.33 bits per heavy atom. The number of rotatable bonds is 3. The minimum absolute atomic E-state index is 0.402. The summed E-state index contributed by atoms with van der Waals surface area (Å²) in [6.45, 7) is 0.402. The molecule has 2 N–H and O–H groups in total. The van der Waals surface area contributed by atoms with Crippen molar-refractivity contribution in [1.82, 2.24) is 4.72 Å². The molecule has 0 radical (unpaired) electrons. The second-order valence-corrected chi connectivity index (χ2v) is 5.59. The molecule has 0 aliphatic rings. The molecule has 0 fully saturated rings. The van der Waals surface area contributed by atoms with Crippen LogP contribution in [0, 0.1) is 0 Å². The van der Waals surface area contributed by atoms with E-state index in [0.717, 1.165) is 15.4 Å². The molecule has 1 unspecified atom stereocenters. The Kier molecular flexibility index (Phi) is 3.53. The third-order valence-electron chi connectivity index (χ3n) is 2.00. The van der Waals surface area contributed by atoms with E-state index in [-0.39, 0.29) is 0 Å². The molecular weight excluding hydrogens is 298 g/mol. The van der Waals surface area contributed by atoms with Crippen molar-refractivity contribution in [2.24, 2.45) is 0 Å². The normalized spacial score (nSPS) is 13.2. The van der Waals surface area contributed by atoms with Gasteiger partial charge in [-0.05, 0) is 34.5 Å². The van der Waals surface area contributed by atoms with Crippen LogP contribution in [-0.2, 0) is 17.8 Å². The zero-order valence-electron chi connectivity index (χ0n) is 7.57. The molecule has 80 valence electrons. The van der Waals surface area contributed by atoms with Gasteiger partial charge in [-0.3, -0.25) is 4.55 Å². The molecule has 2 aromatic rings. The Balaban J connectivity index is 2.35. The number of hydrogen-bond donors (Lipinski definition) is 2. The molecule has 0 amide bonds. The number of nitrogens with one attached hydrogen (secondary N) is 1. The number of benzene rings is 1. The fraction of sp³-hybridized carbons (Fsp3) is 0.111. The lowest BCUT2D eigenvalue weighted by atomic mass is 10.2. The molecule has 6 heteroatoms. The fourth-order valence-electron chi connectivity index (χ4n) is 1.33. The first-order chi connectivity index (χ1) is 7.16. The third kappa shape index (κ3) is 2.64. The van der Waals surface area contributed by atoms with Gasteiger partial charge in [0.15, 0.2) is 0 Å². The molecule has 1 heterocycles. The van der Waals surface area contributed by atoms with Crippen molar-refractivity contribution in [3.8, 4) is 0 Å². The highest BCUT2D eigenvalue weighted by atomic mass is 79.9. The van der Waals surface area contributed by atoms with Gasteiger partial charge in [0.25, 0.3) is 0 Å². The lowest BCUT2D eigenvalue weighted by Gasteiger charge is -1.99. The Labute approximate surface area is 102 Å². The van der Waals surface area contributed by atoms with E-state index in [1.54, 1.807) is 11.3 Å². The summed E-state index contributed by atoms with van der Waals surface area (Å²) in [5.74, 6) is 0. The summed E-state index contributed by atoms with van der Waals surface area (Å²) in [6.07, 6.45) is 0. The van der Waals surface area contributed by atoms with Crippen LogP contribution in [0.15, 0.2) is 28.1 Å². The minimum atomic E-state index is -1.96. The Bertz CT molecular complexity index is 512. The first-order valence-electron chi connectivity index (χ1n) is 4.17. The van der Waals surface area contributed by atoms with Gasteiger partial charge >= 0.3 is 0 Å². The van der Waals surface area contributed by atoms with Gasteiger partial charge < -0.3 is 0 Å². The van der Waals surface area contributed by atoms with Crippen LogP contribution in [0.5, 0.6) is 0 Å². The molecule has 0 aliphatic carbocycles. The Morgan fingerprint density at radius 1 is 1.53 bits per heavy atom. The topological polar surface area (TPSA) is 49.3 Å². The fourth-order valence-corrected chi connectivity index (χ4v) is 2.91. The van der Waals surface area contributed by atoms with Crippen molar-refractivity contribution in [3.05, 3.63) is 33.6 Å². The van der Waals surface area contributed by atoms with Gasteiger partial charge in [0, 0.05) is 15.7 Å². The summed E-state index contributed by atoms with van der Waals surface area (Å²) in [6, 6.07) is 6.03. The highest BCUT2D eigenvalue weighted by Crippen LogP contribution is 2.28. The van der Waals surface area contributed by atoms with Crippen LogP contribution in [0.3, 0.4) is 0 Å². The molecule has 0 bridgehead atoms. The van der Waals surface area contributed by atoms with Crippen LogP contribution in [0.4, 0.5) is 0 Å². The van der Waals surface area contributed by atoms with E-state index < -0.39 is 11.3 Å². The van der Waals surface area contributed by atoms with Crippen LogP contribution in [0.25, 0.3) is 10.1 Å². The summed E-state index contributed by atoms with van der Waals surface area (Å²) in [5, 5.41) is 3.11. The van der Waals surface area contributed by atoms with Crippen LogP contribution >= 0.6 is 27.3 Å². The average Bonchev–Trinajstić information content (AvgIpc) is 2.57. The van der Waals surface area contributed by atoms with Crippen LogP contribution < -0.4 is 4.72 Å². The third-order valence-corrected chi connectivity index (χ3v) is 3.90. The zero-order valence-corrected chi connectivity index (χ0v) is 10.8. The first-order valence-corrected chi connectivity index (χ1v) is 6.95. The SMILES string of the molecule is O=S(O)NCc1csc2ccc(Br)cc12. The van der Waals surface area contributed by atoms with E-state index in [1.807, 2.05) is 23.6 Å². The van der Waals surface area contributed by atoms with E-state index in [2.05, 4.69) is 20.7 Å². The molecule has 3 nitrogen and oxygen atoms in total. The molecular formula is C9H8BrNO2S2. The van der Waals surface area contributed by atoms with Crippen LogP contribution in [-0.4, -0.2) is 8.76 Å². The van der Waals surface area contributed by atoms with Crippen LogP contribution in [0.1, 0.15) is 5.56 Å². The van der Waals surface area contributed by atoms with Gasteiger partial charge in [-0.15, -0.1) is 11.3 Å². The van der Waals surface area contributed by atoms with E-state index in [4.69, 9.17) is 4.55 Å². The molecule has 2 rings (SSSR count). The lowest BCUT2D eigenvalue weighted by molar-refractivity contribution is 0.549. The first kappa shape index (κ1) is 11.2. The minimum Gasteiger partial charge on any atom is -0.294 e. The molecule has 0 saturated carbocycles. The second kappa shape index (κ2) is 4.71. The number of thiophene rings is 1. The molecule has 1 atom stereocenters. The summed E-state index contributed by atoms with van der Waals surface area (Å²) in [5.41, 5.74) is 1.04. The van der Waals surface area contributed by atoms with Crippen molar-refractivity contribution >= 4 is 48.6 Å². The van der Waals surface area contributed by atoms with Gasteiger partial charge in [0.2, 0.25) is 11.3 Å². The molecule has 1 aromatic heterocycles. The predicted octanol–water partition coefficient (Wildman–Crippen LogP) is 2.89. The largest absolute Gasteiger partial charge is 0.294 e. The maximum absolute atomic E-state index is 10.5. The maximum Gasteiger partial charge on any atom is 0.232 e. The second-order valence-electron chi connectivity index (χ2n) is 2.97. The summed E-state index contributed by atoms with van der Waals surface area (Å²) < 4.78 is 23.8. The quantitative estimate of drug-likeness (QED) is 0.857. The van der Waals surface area contributed by atoms with Crippen molar-refractivity contribution in [3.63, 3.8) is 0 Å². The Morgan fingerprint density at radius 3 is 3.07 bits per heavy atom. The van der Waals surface area contributed by atoms with E-state index >= 15 is 0 Å². The smallest absolute Gasteiger partial charge is 0.232 e. The molecule has 15 heavy (non-hydrogen) atoms. The standard InChI is InChI=1S/C9H8BrNO2S2/c10-7-1-2-9-8(3-7)6(5-14-9)4-11-15(12)13/h1-3,5,11H,4H2,(H,12,13). The van der Waals surface area contributed by atoms with E-state index in [9.17, 15) is 4.21 Å². The summed E-state index contributed by atoms with van der Waals surface area (Å²) >= 11 is 3.08. The number of halogens is 1. The van der Waals surface area contributed by atoms with Gasteiger partial charge in [-0.25, -0.2) is 8.93 Å². The predicted molar refractivity (Wildman–Crippen MR) is 67.1 cm³/mol. The highest BCUT2D eigenvalue weighted by Gasteiger charge is 2.05. The lowest BCUT2D eigenvalue weighted by Crippen LogP contribution is -2.14. The molecule has 0 saturated heterocycles. The summed E-state index contributed by atoms with van der Waals surface area (Å²) in [7, 11) is 0. The summed E-state index contributed by atoms with van der Waals surface area (Å²) in [4.78, 5) is 0. The zero-order chi connectivity index (χ0) is 10.8.